The Morgan fingerprint density at radius 1 is 1.36 bits per heavy atom. The standard InChI is InChI=1S/C10H11F2NO/c1-13-5-8(6-13)14-10-3-2-7(11)4-9(10)12/h2-4,8H,5-6H2,1H3. The lowest BCUT2D eigenvalue weighted by atomic mass is 10.2. The van der Waals surface area contributed by atoms with Crippen LogP contribution in [0.4, 0.5) is 8.78 Å². The van der Waals surface area contributed by atoms with Crippen LogP contribution in [-0.4, -0.2) is 31.1 Å². The number of likely N-dealkylation sites (tertiary alicyclic amines) is 1. The average Bonchev–Trinajstić information content (AvgIpc) is 2.06. The molecule has 0 aromatic heterocycles. The van der Waals surface area contributed by atoms with Crippen LogP contribution in [-0.2, 0) is 0 Å². The predicted octanol–water partition coefficient (Wildman–Crippen LogP) is 1.66. The van der Waals surface area contributed by atoms with Gasteiger partial charge in [0.25, 0.3) is 0 Å². The minimum Gasteiger partial charge on any atom is -0.485 e. The topological polar surface area (TPSA) is 12.5 Å². The van der Waals surface area contributed by atoms with Gasteiger partial charge >= 0.3 is 0 Å². The number of benzene rings is 1. The van der Waals surface area contributed by atoms with Crippen molar-refractivity contribution >= 4 is 0 Å². The number of ether oxygens (including phenoxy) is 1. The van der Waals surface area contributed by atoms with Crippen molar-refractivity contribution in [2.75, 3.05) is 20.1 Å². The summed E-state index contributed by atoms with van der Waals surface area (Å²) in [5, 5.41) is 0. The summed E-state index contributed by atoms with van der Waals surface area (Å²) in [6.07, 6.45) is 0.0277. The van der Waals surface area contributed by atoms with Crippen LogP contribution in [0.3, 0.4) is 0 Å². The van der Waals surface area contributed by atoms with E-state index in [1.807, 2.05) is 7.05 Å². The molecule has 0 atom stereocenters. The quantitative estimate of drug-likeness (QED) is 0.718. The molecule has 0 aliphatic carbocycles. The molecule has 0 saturated carbocycles. The van der Waals surface area contributed by atoms with E-state index in [-0.39, 0.29) is 11.9 Å². The lowest BCUT2D eigenvalue weighted by Crippen LogP contribution is -2.51. The van der Waals surface area contributed by atoms with Crippen molar-refractivity contribution in [2.24, 2.45) is 0 Å². The van der Waals surface area contributed by atoms with Crippen LogP contribution >= 0.6 is 0 Å². The molecule has 4 heteroatoms. The molecular weight excluding hydrogens is 188 g/mol. The first-order chi connectivity index (χ1) is 6.65. The van der Waals surface area contributed by atoms with Crippen LogP contribution in [0.5, 0.6) is 5.75 Å². The number of halogens is 2. The van der Waals surface area contributed by atoms with Crippen LogP contribution in [0.2, 0.25) is 0 Å². The molecule has 1 aromatic carbocycles. The zero-order valence-corrected chi connectivity index (χ0v) is 7.84. The van der Waals surface area contributed by atoms with Gasteiger partial charge in [-0.3, -0.25) is 4.90 Å². The van der Waals surface area contributed by atoms with Crippen molar-refractivity contribution in [1.82, 2.24) is 4.90 Å². The normalized spacial score (nSPS) is 17.9. The third kappa shape index (κ3) is 1.85. The van der Waals surface area contributed by atoms with E-state index in [0.29, 0.717) is 0 Å². The number of hydrogen-bond donors (Lipinski definition) is 0. The minimum atomic E-state index is -0.639. The van der Waals surface area contributed by atoms with E-state index >= 15 is 0 Å². The predicted molar refractivity (Wildman–Crippen MR) is 48.3 cm³/mol. The zero-order valence-electron chi connectivity index (χ0n) is 7.84. The second kappa shape index (κ2) is 3.53. The van der Waals surface area contributed by atoms with E-state index in [2.05, 4.69) is 4.90 Å². The first kappa shape index (κ1) is 9.40. The summed E-state index contributed by atoms with van der Waals surface area (Å²) < 4.78 is 31.0. The molecule has 1 aromatic rings. The molecule has 0 amide bonds. The summed E-state index contributed by atoms with van der Waals surface area (Å²) in [7, 11) is 1.96. The van der Waals surface area contributed by atoms with Crippen LogP contribution in [0.1, 0.15) is 0 Å². The van der Waals surface area contributed by atoms with Crippen molar-refractivity contribution in [3.8, 4) is 5.75 Å². The number of hydrogen-bond acceptors (Lipinski definition) is 2. The highest BCUT2D eigenvalue weighted by molar-refractivity contribution is 5.25. The first-order valence-corrected chi connectivity index (χ1v) is 4.45. The lowest BCUT2D eigenvalue weighted by molar-refractivity contribution is 0.0360. The maximum absolute atomic E-state index is 13.1. The number of nitrogens with zero attached hydrogens (tertiary/aromatic N) is 1. The molecule has 1 heterocycles. The number of rotatable bonds is 2. The highest BCUT2D eigenvalue weighted by Crippen LogP contribution is 2.21. The summed E-state index contributed by atoms with van der Waals surface area (Å²) in [6, 6.07) is 3.35. The summed E-state index contributed by atoms with van der Waals surface area (Å²) >= 11 is 0. The largest absolute Gasteiger partial charge is 0.485 e. The van der Waals surface area contributed by atoms with E-state index in [0.717, 1.165) is 19.2 Å². The highest BCUT2D eigenvalue weighted by Gasteiger charge is 2.25. The van der Waals surface area contributed by atoms with Gasteiger partial charge in [0.05, 0.1) is 0 Å². The molecule has 1 aliphatic heterocycles. The van der Waals surface area contributed by atoms with Crippen LogP contribution in [0.25, 0.3) is 0 Å². The fourth-order valence-corrected chi connectivity index (χ4v) is 1.47. The molecule has 2 rings (SSSR count). The summed E-state index contributed by atoms with van der Waals surface area (Å²) in [5.74, 6) is -1.09. The van der Waals surface area contributed by atoms with Gasteiger partial charge in [0.2, 0.25) is 0 Å². The van der Waals surface area contributed by atoms with E-state index in [9.17, 15) is 8.78 Å². The van der Waals surface area contributed by atoms with Gasteiger partial charge in [-0.15, -0.1) is 0 Å². The van der Waals surface area contributed by atoms with Gasteiger partial charge in [0.1, 0.15) is 11.9 Å². The smallest absolute Gasteiger partial charge is 0.167 e. The van der Waals surface area contributed by atoms with Crippen LogP contribution in [0, 0.1) is 11.6 Å². The molecule has 76 valence electrons. The Kier molecular flexibility index (Phi) is 2.37. The highest BCUT2D eigenvalue weighted by atomic mass is 19.1. The molecule has 0 bridgehead atoms. The Balaban J connectivity index is 2.02. The van der Waals surface area contributed by atoms with Crippen molar-refractivity contribution in [2.45, 2.75) is 6.10 Å². The van der Waals surface area contributed by atoms with Crippen molar-refractivity contribution in [3.05, 3.63) is 29.8 Å². The average molecular weight is 199 g/mol. The Morgan fingerprint density at radius 3 is 2.64 bits per heavy atom. The molecule has 0 unspecified atom stereocenters. The van der Waals surface area contributed by atoms with Crippen molar-refractivity contribution < 1.29 is 13.5 Å². The molecule has 1 fully saturated rings. The van der Waals surface area contributed by atoms with Gasteiger partial charge in [-0.05, 0) is 19.2 Å². The maximum atomic E-state index is 13.1. The molecular formula is C10H11F2NO. The zero-order chi connectivity index (χ0) is 10.1. The third-order valence-electron chi connectivity index (χ3n) is 2.22. The maximum Gasteiger partial charge on any atom is 0.167 e. The molecule has 1 saturated heterocycles. The monoisotopic (exact) mass is 199 g/mol. The van der Waals surface area contributed by atoms with Crippen molar-refractivity contribution in [1.29, 1.82) is 0 Å². The Hall–Kier alpha value is -1.16. The van der Waals surface area contributed by atoms with Crippen LogP contribution in [0.15, 0.2) is 18.2 Å². The van der Waals surface area contributed by atoms with Gasteiger partial charge in [-0.25, -0.2) is 8.78 Å². The van der Waals surface area contributed by atoms with Crippen LogP contribution < -0.4 is 4.74 Å². The summed E-state index contributed by atoms with van der Waals surface area (Å²) in [4.78, 5) is 2.06. The van der Waals surface area contributed by atoms with Gasteiger partial charge in [-0.2, -0.15) is 0 Å². The summed E-state index contributed by atoms with van der Waals surface area (Å²) in [6.45, 7) is 1.58. The minimum absolute atomic E-state index is 0.0277. The second-order valence-corrected chi connectivity index (χ2v) is 3.54. The third-order valence-corrected chi connectivity index (χ3v) is 2.22. The fraction of sp³-hybridized carbons (Fsp3) is 0.400. The van der Waals surface area contributed by atoms with Gasteiger partial charge in [0.15, 0.2) is 11.6 Å². The van der Waals surface area contributed by atoms with Gasteiger partial charge in [-0.1, -0.05) is 0 Å². The SMILES string of the molecule is CN1CC(Oc2ccc(F)cc2F)C1. The van der Waals surface area contributed by atoms with E-state index in [4.69, 9.17) is 4.74 Å². The van der Waals surface area contributed by atoms with Crippen molar-refractivity contribution in [3.63, 3.8) is 0 Å². The molecule has 0 spiro atoms. The Morgan fingerprint density at radius 2 is 2.07 bits per heavy atom. The van der Waals surface area contributed by atoms with E-state index in [1.54, 1.807) is 0 Å². The van der Waals surface area contributed by atoms with E-state index < -0.39 is 11.6 Å². The fourth-order valence-electron chi connectivity index (χ4n) is 1.47. The first-order valence-electron chi connectivity index (χ1n) is 4.45. The molecule has 1 aliphatic rings. The molecule has 14 heavy (non-hydrogen) atoms. The molecule has 0 N–H and O–H groups in total. The lowest BCUT2D eigenvalue weighted by Gasteiger charge is -2.35. The Bertz CT molecular complexity index is 337. The molecule has 2 nitrogen and oxygen atoms in total. The van der Waals surface area contributed by atoms with Gasteiger partial charge < -0.3 is 4.74 Å². The second-order valence-electron chi connectivity index (χ2n) is 3.54. The molecule has 0 radical (unpaired) electrons. The summed E-state index contributed by atoms with van der Waals surface area (Å²) in [5.41, 5.74) is 0. The Labute approximate surface area is 81.1 Å². The number of likely N-dealkylation sites (N-methyl/N-ethyl adjacent to an activating group) is 1. The van der Waals surface area contributed by atoms with Gasteiger partial charge in [0, 0.05) is 19.2 Å². The van der Waals surface area contributed by atoms with E-state index in [1.165, 1.54) is 12.1 Å².